The molecule has 0 bridgehead atoms. The van der Waals surface area contributed by atoms with Crippen molar-refractivity contribution in [2.45, 2.75) is 51.6 Å². The molecule has 0 aromatic carbocycles. The molecule has 1 atom stereocenters. The van der Waals surface area contributed by atoms with Crippen LogP contribution >= 0.6 is 11.6 Å². The molecule has 0 unspecified atom stereocenters. The average molecular weight is 377 g/mol. The van der Waals surface area contributed by atoms with Crippen LogP contribution in [-0.2, 0) is 4.79 Å². The maximum atomic E-state index is 12.7. The summed E-state index contributed by atoms with van der Waals surface area (Å²) in [6, 6.07) is 3.53. The van der Waals surface area contributed by atoms with Crippen LogP contribution in [0.25, 0.3) is 0 Å². The van der Waals surface area contributed by atoms with Crippen molar-refractivity contribution in [3.63, 3.8) is 0 Å². The quantitative estimate of drug-likeness (QED) is 0.868. The number of nitrogens with zero attached hydrogens (tertiary/aromatic N) is 5. The monoisotopic (exact) mass is 376 g/mol. The number of halogens is 1. The van der Waals surface area contributed by atoms with E-state index in [0.29, 0.717) is 5.15 Å². The van der Waals surface area contributed by atoms with Crippen LogP contribution in [0.2, 0.25) is 5.15 Å². The first-order valence-corrected chi connectivity index (χ1v) is 9.40. The van der Waals surface area contributed by atoms with E-state index in [1.807, 2.05) is 23.8 Å². The highest BCUT2D eigenvalue weighted by molar-refractivity contribution is 6.29. The summed E-state index contributed by atoms with van der Waals surface area (Å²) in [5.74, 6) is 2.08. The summed E-state index contributed by atoms with van der Waals surface area (Å²) in [7, 11) is 0. The van der Waals surface area contributed by atoms with Crippen molar-refractivity contribution in [3.05, 3.63) is 35.5 Å². The standard InChI is InChI=1S/C18H25ClN6O/c1-12(2)17-20-8-11-25(17)13(3)18(26)21-14-6-9-24(10-7-14)16-5-4-15(19)22-23-16/h4-5,8,11-14H,6-7,9-10H2,1-3H3,(H,21,26)/t13-/m1/s1. The molecule has 2 aromatic rings. The Bertz CT molecular complexity index is 736. The van der Waals surface area contributed by atoms with E-state index in [1.54, 1.807) is 12.3 Å². The number of imidazole rings is 1. The van der Waals surface area contributed by atoms with Crippen molar-refractivity contribution in [3.8, 4) is 0 Å². The van der Waals surface area contributed by atoms with Gasteiger partial charge in [-0.1, -0.05) is 25.4 Å². The smallest absolute Gasteiger partial charge is 0.243 e. The highest BCUT2D eigenvalue weighted by Gasteiger charge is 2.25. The molecule has 0 spiro atoms. The van der Waals surface area contributed by atoms with Crippen LogP contribution in [0.1, 0.15) is 51.4 Å². The van der Waals surface area contributed by atoms with Crippen LogP contribution in [0.3, 0.4) is 0 Å². The molecule has 1 amide bonds. The van der Waals surface area contributed by atoms with Gasteiger partial charge in [0.1, 0.15) is 11.9 Å². The van der Waals surface area contributed by atoms with Gasteiger partial charge in [0.05, 0.1) is 0 Å². The lowest BCUT2D eigenvalue weighted by molar-refractivity contribution is -0.124. The SMILES string of the molecule is CC(C)c1nccn1[C@H](C)C(=O)NC1CCN(c2ccc(Cl)nn2)CC1. The summed E-state index contributed by atoms with van der Waals surface area (Å²) in [6.45, 7) is 7.74. The fraction of sp³-hybridized carbons (Fsp3) is 0.556. The van der Waals surface area contributed by atoms with Gasteiger partial charge in [0.2, 0.25) is 5.91 Å². The van der Waals surface area contributed by atoms with E-state index in [4.69, 9.17) is 11.6 Å². The second kappa shape index (κ2) is 8.03. The molecule has 140 valence electrons. The molecule has 0 saturated carbocycles. The Kier molecular flexibility index (Phi) is 5.76. The van der Waals surface area contributed by atoms with Gasteiger partial charge < -0.3 is 14.8 Å². The van der Waals surface area contributed by atoms with Gasteiger partial charge in [-0.05, 0) is 31.9 Å². The summed E-state index contributed by atoms with van der Waals surface area (Å²) in [4.78, 5) is 19.2. The van der Waals surface area contributed by atoms with Crippen LogP contribution in [0.5, 0.6) is 0 Å². The Morgan fingerprint density at radius 1 is 1.23 bits per heavy atom. The number of piperidine rings is 1. The minimum absolute atomic E-state index is 0.0367. The van der Waals surface area contributed by atoms with Crippen molar-refractivity contribution in [2.24, 2.45) is 0 Å². The summed E-state index contributed by atoms with van der Waals surface area (Å²) >= 11 is 5.79. The Morgan fingerprint density at radius 3 is 2.58 bits per heavy atom. The van der Waals surface area contributed by atoms with Crippen molar-refractivity contribution in [1.29, 1.82) is 0 Å². The topological polar surface area (TPSA) is 75.9 Å². The van der Waals surface area contributed by atoms with Gasteiger partial charge in [0, 0.05) is 37.4 Å². The zero-order valence-corrected chi connectivity index (χ0v) is 16.1. The van der Waals surface area contributed by atoms with Gasteiger partial charge in [-0.2, -0.15) is 0 Å². The first-order chi connectivity index (χ1) is 12.5. The minimum atomic E-state index is -0.268. The number of amides is 1. The van der Waals surface area contributed by atoms with Gasteiger partial charge in [-0.15, -0.1) is 10.2 Å². The lowest BCUT2D eigenvalue weighted by Gasteiger charge is -2.33. The average Bonchev–Trinajstić information content (AvgIpc) is 3.12. The summed E-state index contributed by atoms with van der Waals surface area (Å²) in [6.07, 6.45) is 5.39. The van der Waals surface area contributed by atoms with Crippen molar-refractivity contribution < 1.29 is 4.79 Å². The Hall–Kier alpha value is -2.15. The second-order valence-corrected chi connectivity index (χ2v) is 7.39. The van der Waals surface area contributed by atoms with Crippen LogP contribution in [0.15, 0.2) is 24.5 Å². The van der Waals surface area contributed by atoms with Crippen LogP contribution < -0.4 is 10.2 Å². The third kappa shape index (κ3) is 4.15. The molecule has 3 rings (SSSR count). The highest BCUT2D eigenvalue weighted by Crippen LogP contribution is 2.20. The molecular formula is C18H25ClN6O. The Balaban J connectivity index is 1.54. The molecule has 1 saturated heterocycles. The zero-order chi connectivity index (χ0) is 18.7. The molecule has 0 radical (unpaired) electrons. The fourth-order valence-corrected chi connectivity index (χ4v) is 3.38. The van der Waals surface area contributed by atoms with E-state index < -0.39 is 0 Å². The number of carbonyl (C=O) groups is 1. The lowest BCUT2D eigenvalue weighted by Crippen LogP contribution is -2.46. The first kappa shape index (κ1) is 18.6. The van der Waals surface area contributed by atoms with E-state index in [9.17, 15) is 4.79 Å². The normalized spacial score (nSPS) is 16.7. The zero-order valence-electron chi connectivity index (χ0n) is 15.4. The van der Waals surface area contributed by atoms with Crippen LogP contribution in [-0.4, -0.2) is 44.8 Å². The van der Waals surface area contributed by atoms with Gasteiger partial charge in [0.15, 0.2) is 11.0 Å². The fourth-order valence-electron chi connectivity index (χ4n) is 3.28. The van der Waals surface area contributed by atoms with Gasteiger partial charge >= 0.3 is 0 Å². The lowest BCUT2D eigenvalue weighted by atomic mass is 10.0. The molecule has 2 aromatic heterocycles. The third-order valence-electron chi connectivity index (χ3n) is 4.79. The van der Waals surface area contributed by atoms with E-state index in [-0.39, 0.29) is 23.9 Å². The maximum absolute atomic E-state index is 12.7. The minimum Gasteiger partial charge on any atom is -0.355 e. The summed E-state index contributed by atoms with van der Waals surface area (Å²) in [5, 5.41) is 11.6. The molecule has 26 heavy (non-hydrogen) atoms. The molecule has 1 aliphatic rings. The van der Waals surface area contributed by atoms with Gasteiger partial charge in [0.25, 0.3) is 0 Å². The van der Waals surface area contributed by atoms with E-state index in [1.165, 1.54) is 0 Å². The maximum Gasteiger partial charge on any atom is 0.243 e. The number of hydrogen-bond donors (Lipinski definition) is 1. The van der Waals surface area contributed by atoms with Crippen LogP contribution in [0, 0.1) is 0 Å². The molecule has 8 heteroatoms. The van der Waals surface area contributed by atoms with Gasteiger partial charge in [-0.3, -0.25) is 4.79 Å². The number of anilines is 1. The van der Waals surface area contributed by atoms with Gasteiger partial charge in [-0.25, -0.2) is 4.98 Å². The van der Waals surface area contributed by atoms with Crippen molar-refractivity contribution in [2.75, 3.05) is 18.0 Å². The predicted molar refractivity (Wildman–Crippen MR) is 101 cm³/mol. The van der Waals surface area contributed by atoms with E-state index in [2.05, 4.69) is 39.2 Å². The second-order valence-electron chi connectivity index (χ2n) is 7.01. The van der Waals surface area contributed by atoms with E-state index in [0.717, 1.165) is 37.6 Å². The molecule has 3 heterocycles. The highest BCUT2D eigenvalue weighted by atomic mass is 35.5. The molecule has 1 aliphatic heterocycles. The van der Waals surface area contributed by atoms with E-state index >= 15 is 0 Å². The molecule has 7 nitrogen and oxygen atoms in total. The summed E-state index contributed by atoms with van der Waals surface area (Å²) < 4.78 is 1.96. The largest absolute Gasteiger partial charge is 0.355 e. The van der Waals surface area contributed by atoms with Crippen molar-refractivity contribution in [1.82, 2.24) is 25.1 Å². The molecule has 1 fully saturated rings. The molecule has 0 aliphatic carbocycles. The number of rotatable bonds is 5. The Morgan fingerprint density at radius 2 is 1.96 bits per heavy atom. The van der Waals surface area contributed by atoms with Crippen molar-refractivity contribution >= 4 is 23.3 Å². The number of hydrogen-bond acceptors (Lipinski definition) is 5. The predicted octanol–water partition coefficient (Wildman–Crippen LogP) is 2.80. The first-order valence-electron chi connectivity index (χ1n) is 9.03. The Labute approximate surface area is 158 Å². The number of aromatic nitrogens is 4. The molecule has 1 N–H and O–H groups in total. The summed E-state index contributed by atoms with van der Waals surface area (Å²) in [5.41, 5.74) is 0. The number of carbonyl (C=O) groups excluding carboxylic acids is 1. The number of nitrogens with one attached hydrogen (secondary N) is 1. The van der Waals surface area contributed by atoms with Crippen LogP contribution in [0.4, 0.5) is 5.82 Å². The third-order valence-corrected chi connectivity index (χ3v) is 5.00. The molecular weight excluding hydrogens is 352 g/mol.